The maximum absolute atomic E-state index is 11.8. The molecule has 0 aromatic carbocycles. The van der Waals surface area contributed by atoms with Gasteiger partial charge in [0, 0.05) is 20.8 Å². The van der Waals surface area contributed by atoms with Crippen molar-refractivity contribution < 1.29 is 14.3 Å². The van der Waals surface area contributed by atoms with Crippen molar-refractivity contribution >= 4 is 5.91 Å². The summed E-state index contributed by atoms with van der Waals surface area (Å²) in [4.78, 5) is 13.4. The summed E-state index contributed by atoms with van der Waals surface area (Å²) in [7, 11) is 3.22. The van der Waals surface area contributed by atoms with E-state index in [0.717, 1.165) is 0 Å². The number of rotatable bonds is 7. The highest BCUT2D eigenvalue weighted by atomic mass is 16.5. The molecule has 0 heterocycles. The number of hydrogen-bond acceptors (Lipinski definition) is 4. The van der Waals surface area contributed by atoms with Crippen molar-refractivity contribution in [2.75, 3.05) is 34.0 Å². The predicted octanol–water partition coefficient (Wildman–Crippen LogP) is -0.156. The van der Waals surface area contributed by atoms with Gasteiger partial charge in [0.2, 0.25) is 5.91 Å². The number of ether oxygens (including phenoxy) is 2. The maximum Gasteiger partial charge on any atom is 0.239 e. The molecule has 5 nitrogen and oxygen atoms in total. The third-order valence-corrected chi connectivity index (χ3v) is 2.15. The van der Waals surface area contributed by atoms with E-state index in [0.29, 0.717) is 19.8 Å². The molecule has 0 saturated carbocycles. The summed E-state index contributed by atoms with van der Waals surface area (Å²) >= 11 is 0. The molecular weight excluding hydrogens is 196 g/mol. The highest BCUT2D eigenvalue weighted by molar-refractivity contribution is 5.81. The molecule has 0 aromatic heterocycles. The van der Waals surface area contributed by atoms with E-state index in [2.05, 4.69) is 0 Å². The number of hydrogen-bond donors (Lipinski definition) is 1. The Morgan fingerprint density at radius 2 is 1.93 bits per heavy atom. The van der Waals surface area contributed by atoms with Crippen LogP contribution in [-0.2, 0) is 14.3 Å². The Morgan fingerprint density at radius 3 is 2.33 bits per heavy atom. The Morgan fingerprint density at radius 1 is 1.33 bits per heavy atom. The summed E-state index contributed by atoms with van der Waals surface area (Å²) < 4.78 is 9.97. The summed E-state index contributed by atoms with van der Waals surface area (Å²) in [6, 6.07) is -0.468. The van der Waals surface area contributed by atoms with Gasteiger partial charge >= 0.3 is 0 Å². The van der Waals surface area contributed by atoms with Crippen molar-refractivity contribution in [3.63, 3.8) is 0 Å². The molecule has 0 aliphatic rings. The molecule has 2 unspecified atom stereocenters. The van der Waals surface area contributed by atoms with Gasteiger partial charge in [-0.3, -0.25) is 4.79 Å². The van der Waals surface area contributed by atoms with E-state index in [1.165, 1.54) is 0 Å². The molecule has 0 saturated heterocycles. The molecular formula is C10H22N2O3. The monoisotopic (exact) mass is 218 g/mol. The molecule has 90 valence electrons. The number of methoxy groups -OCH3 is 2. The Bertz CT molecular complexity index is 186. The van der Waals surface area contributed by atoms with Gasteiger partial charge in [-0.1, -0.05) is 0 Å². The lowest BCUT2D eigenvalue weighted by Gasteiger charge is -2.30. The second-order valence-corrected chi connectivity index (χ2v) is 3.62. The first-order chi connectivity index (χ1) is 7.04. The van der Waals surface area contributed by atoms with Crippen LogP contribution in [0.4, 0.5) is 0 Å². The first kappa shape index (κ1) is 14.3. The number of carbonyl (C=O) groups excluding carboxylic acids is 1. The van der Waals surface area contributed by atoms with Crippen LogP contribution in [0.15, 0.2) is 0 Å². The van der Waals surface area contributed by atoms with Crippen LogP contribution < -0.4 is 5.73 Å². The van der Waals surface area contributed by atoms with Gasteiger partial charge in [0.15, 0.2) is 0 Å². The summed E-state index contributed by atoms with van der Waals surface area (Å²) in [5.41, 5.74) is 5.57. The highest BCUT2D eigenvalue weighted by Crippen LogP contribution is 2.02. The zero-order valence-electron chi connectivity index (χ0n) is 10.0. The molecule has 2 N–H and O–H groups in total. The van der Waals surface area contributed by atoms with Gasteiger partial charge in [0.1, 0.15) is 0 Å². The average Bonchev–Trinajstić information content (AvgIpc) is 2.18. The maximum atomic E-state index is 11.8. The smallest absolute Gasteiger partial charge is 0.239 e. The zero-order valence-corrected chi connectivity index (χ0v) is 10.0. The molecule has 0 aliphatic carbocycles. The first-order valence-electron chi connectivity index (χ1n) is 5.08. The van der Waals surface area contributed by atoms with Crippen LogP contribution in [0.5, 0.6) is 0 Å². The molecule has 0 rings (SSSR count). The molecule has 15 heavy (non-hydrogen) atoms. The van der Waals surface area contributed by atoms with E-state index < -0.39 is 6.04 Å². The van der Waals surface area contributed by atoms with E-state index in [1.807, 2.05) is 6.92 Å². The third kappa shape index (κ3) is 5.11. The number of nitrogens with zero attached hydrogens (tertiary/aromatic N) is 1. The quantitative estimate of drug-likeness (QED) is 0.645. The first-order valence-corrected chi connectivity index (χ1v) is 5.08. The highest BCUT2D eigenvalue weighted by Gasteiger charge is 2.22. The largest absolute Gasteiger partial charge is 0.383 e. The molecule has 0 fully saturated rings. The standard InChI is InChI=1S/C10H22N2O3/c1-8(7-15-4)12(5-6-14-3)10(13)9(2)11/h8-9H,5-7,11H2,1-4H3. The predicted molar refractivity (Wildman–Crippen MR) is 58.6 cm³/mol. The zero-order chi connectivity index (χ0) is 11.8. The van der Waals surface area contributed by atoms with Crippen LogP contribution in [0.25, 0.3) is 0 Å². The van der Waals surface area contributed by atoms with Crippen LogP contribution in [0.3, 0.4) is 0 Å². The van der Waals surface area contributed by atoms with Crippen LogP contribution in [0.2, 0.25) is 0 Å². The van der Waals surface area contributed by atoms with Crippen molar-refractivity contribution in [3.05, 3.63) is 0 Å². The Hall–Kier alpha value is -0.650. The third-order valence-electron chi connectivity index (χ3n) is 2.15. The second-order valence-electron chi connectivity index (χ2n) is 3.62. The van der Waals surface area contributed by atoms with Crippen molar-refractivity contribution in [3.8, 4) is 0 Å². The van der Waals surface area contributed by atoms with E-state index in [4.69, 9.17) is 15.2 Å². The lowest BCUT2D eigenvalue weighted by Crippen LogP contribution is -2.49. The van der Waals surface area contributed by atoms with Crippen molar-refractivity contribution in [1.29, 1.82) is 0 Å². The normalized spacial score (nSPS) is 14.7. The van der Waals surface area contributed by atoms with Gasteiger partial charge in [-0.05, 0) is 13.8 Å². The molecule has 0 aliphatic heterocycles. The van der Waals surface area contributed by atoms with Gasteiger partial charge in [0.25, 0.3) is 0 Å². The molecule has 5 heteroatoms. The van der Waals surface area contributed by atoms with Gasteiger partial charge in [-0.15, -0.1) is 0 Å². The number of carbonyl (C=O) groups is 1. The minimum absolute atomic E-state index is 0.0173. The summed E-state index contributed by atoms with van der Waals surface area (Å²) in [6.45, 7) is 5.16. The van der Waals surface area contributed by atoms with E-state index in [-0.39, 0.29) is 11.9 Å². The van der Waals surface area contributed by atoms with Gasteiger partial charge in [-0.2, -0.15) is 0 Å². The van der Waals surface area contributed by atoms with E-state index in [9.17, 15) is 4.79 Å². The lowest BCUT2D eigenvalue weighted by atomic mass is 10.2. The fraction of sp³-hybridized carbons (Fsp3) is 0.900. The molecule has 1 amide bonds. The number of nitrogens with two attached hydrogens (primary N) is 1. The average molecular weight is 218 g/mol. The minimum Gasteiger partial charge on any atom is -0.383 e. The minimum atomic E-state index is -0.485. The molecule has 0 radical (unpaired) electrons. The van der Waals surface area contributed by atoms with E-state index in [1.54, 1.807) is 26.0 Å². The molecule has 0 spiro atoms. The van der Waals surface area contributed by atoms with E-state index >= 15 is 0 Å². The Kier molecular flexibility index (Phi) is 7.29. The van der Waals surface area contributed by atoms with Crippen molar-refractivity contribution in [2.45, 2.75) is 25.9 Å². The van der Waals surface area contributed by atoms with Gasteiger partial charge < -0.3 is 20.1 Å². The molecule has 0 aromatic rings. The molecule has 2 atom stereocenters. The molecule has 0 bridgehead atoms. The second kappa shape index (κ2) is 7.62. The summed E-state index contributed by atoms with van der Waals surface area (Å²) in [5, 5.41) is 0. The Balaban J connectivity index is 4.35. The van der Waals surface area contributed by atoms with Crippen molar-refractivity contribution in [1.82, 2.24) is 4.90 Å². The van der Waals surface area contributed by atoms with Crippen molar-refractivity contribution in [2.24, 2.45) is 5.73 Å². The van der Waals surface area contributed by atoms with Gasteiger partial charge in [-0.25, -0.2) is 0 Å². The summed E-state index contributed by atoms with van der Waals surface area (Å²) in [5.74, 6) is -0.0726. The topological polar surface area (TPSA) is 64.8 Å². The summed E-state index contributed by atoms with van der Waals surface area (Å²) in [6.07, 6.45) is 0. The fourth-order valence-electron chi connectivity index (χ4n) is 1.33. The number of amides is 1. The van der Waals surface area contributed by atoms with Gasteiger partial charge in [0.05, 0.1) is 25.3 Å². The fourth-order valence-corrected chi connectivity index (χ4v) is 1.33. The van der Waals surface area contributed by atoms with Crippen LogP contribution >= 0.6 is 0 Å². The SMILES string of the molecule is COCCN(C(=O)C(C)N)C(C)COC. The Labute approximate surface area is 91.5 Å². The lowest BCUT2D eigenvalue weighted by molar-refractivity contribution is -0.136. The van der Waals surface area contributed by atoms with Crippen LogP contribution in [-0.4, -0.2) is 56.9 Å². The van der Waals surface area contributed by atoms with Crippen LogP contribution in [0.1, 0.15) is 13.8 Å². The van der Waals surface area contributed by atoms with Crippen LogP contribution in [0, 0.1) is 0 Å².